The first-order valence-electron chi connectivity index (χ1n) is 5.80. The third kappa shape index (κ3) is 2.65. The van der Waals surface area contributed by atoms with Crippen molar-refractivity contribution in [1.29, 1.82) is 0 Å². The Labute approximate surface area is 120 Å². The fourth-order valence-corrected chi connectivity index (χ4v) is 1.97. The summed E-state index contributed by atoms with van der Waals surface area (Å²) in [4.78, 5) is 23.4. The molecular formula is C13H13ClN4O2. The van der Waals surface area contributed by atoms with Crippen LogP contribution in [0.4, 0.5) is 5.82 Å². The van der Waals surface area contributed by atoms with Gasteiger partial charge in [-0.1, -0.05) is 23.7 Å². The molecule has 0 unspecified atom stereocenters. The number of benzene rings is 1. The number of rotatable bonds is 3. The number of amides is 2. The summed E-state index contributed by atoms with van der Waals surface area (Å²) >= 11 is 6.08. The van der Waals surface area contributed by atoms with Crippen LogP contribution in [0, 0.1) is 6.92 Å². The van der Waals surface area contributed by atoms with Crippen LogP contribution in [0.25, 0.3) is 0 Å². The largest absolute Gasteiger partial charge is 0.365 e. The lowest BCUT2D eigenvalue weighted by atomic mass is 10.1. The summed E-state index contributed by atoms with van der Waals surface area (Å²) in [6.07, 6.45) is 1.44. The first-order chi connectivity index (χ1) is 9.40. The molecule has 0 saturated carbocycles. The first kappa shape index (κ1) is 14.1. The SMILES string of the molecule is Cc1cccc(C(=O)Nc2nn(C)cc2C(N)=O)c1Cl. The topological polar surface area (TPSA) is 90.0 Å². The molecule has 0 saturated heterocycles. The van der Waals surface area contributed by atoms with Crippen molar-refractivity contribution in [3.8, 4) is 0 Å². The second kappa shape index (κ2) is 5.34. The Morgan fingerprint density at radius 1 is 1.35 bits per heavy atom. The van der Waals surface area contributed by atoms with Crippen molar-refractivity contribution >= 4 is 29.2 Å². The molecule has 7 heteroatoms. The van der Waals surface area contributed by atoms with Gasteiger partial charge in [0, 0.05) is 13.2 Å². The van der Waals surface area contributed by atoms with E-state index < -0.39 is 11.8 Å². The van der Waals surface area contributed by atoms with E-state index >= 15 is 0 Å². The van der Waals surface area contributed by atoms with Crippen LogP contribution >= 0.6 is 11.6 Å². The molecule has 0 spiro atoms. The van der Waals surface area contributed by atoms with Crippen LogP contribution in [-0.2, 0) is 7.05 Å². The lowest BCUT2D eigenvalue weighted by Crippen LogP contribution is -2.18. The van der Waals surface area contributed by atoms with Gasteiger partial charge in [0.1, 0.15) is 5.56 Å². The van der Waals surface area contributed by atoms with E-state index in [1.807, 2.05) is 0 Å². The summed E-state index contributed by atoms with van der Waals surface area (Å²) in [5.41, 5.74) is 6.47. The van der Waals surface area contributed by atoms with Gasteiger partial charge < -0.3 is 11.1 Å². The quantitative estimate of drug-likeness (QED) is 0.902. The number of nitrogens with zero attached hydrogens (tertiary/aromatic N) is 2. The van der Waals surface area contributed by atoms with E-state index in [-0.39, 0.29) is 11.4 Å². The number of primary amides is 1. The first-order valence-corrected chi connectivity index (χ1v) is 6.18. The van der Waals surface area contributed by atoms with Gasteiger partial charge in [0.05, 0.1) is 10.6 Å². The predicted molar refractivity (Wildman–Crippen MR) is 75.9 cm³/mol. The zero-order valence-corrected chi connectivity index (χ0v) is 11.7. The van der Waals surface area contributed by atoms with Gasteiger partial charge >= 0.3 is 0 Å². The zero-order valence-electron chi connectivity index (χ0n) is 11.0. The molecule has 0 aliphatic carbocycles. The maximum Gasteiger partial charge on any atom is 0.258 e. The highest BCUT2D eigenvalue weighted by atomic mass is 35.5. The highest BCUT2D eigenvalue weighted by molar-refractivity contribution is 6.35. The molecule has 2 amide bonds. The van der Waals surface area contributed by atoms with Crippen molar-refractivity contribution in [2.45, 2.75) is 6.92 Å². The molecule has 104 valence electrons. The van der Waals surface area contributed by atoms with Gasteiger partial charge in [-0.25, -0.2) is 0 Å². The van der Waals surface area contributed by atoms with Crippen molar-refractivity contribution in [2.75, 3.05) is 5.32 Å². The molecule has 0 radical (unpaired) electrons. The van der Waals surface area contributed by atoms with E-state index in [9.17, 15) is 9.59 Å². The Morgan fingerprint density at radius 3 is 2.70 bits per heavy atom. The highest BCUT2D eigenvalue weighted by Crippen LogP contribution is 2.22. The standard InChI is InChI=1S/C13H13ClN4O2/c1-7-4-3-5-8(10(7)14)13(20)16-12-9(11(15)19)6-18(2)17-12/h3-6H,1-2H3,(H2,15,19)(H,16,17,20). The van der Waals surface area contributed by atoms with E-state index in [1.54, 1.807) is 32.2 Å². The molecule has 0 fully saturated rings. The minimum absolute atomic E-state index is 0.113. The number of halogens is 1. The third-order valence-corrected chi connectivity index (χ3v) is 3.26. The van der Waals surface area contributed by atoms with Gasteiger partial charge in [0.15, 0.2) is 5.82 Å². The molecule has 0 bridgehead atoms. The van der Waals surface area contributed by atoms with Crippen molar-refractivity contribution < 1.29 is 9.59 Å². The molecule has 1 aromatic carbocycles. The summed E-state index contributed by atoms with van der Waals surface area (Å²) < 4.78 is 1.40. The monoisotopic (exact) mass is 292 g/mol. The van der Waals surface area contributed by atoms with Crippen molar-refractivity contribution in [3.63, 3.8) is 0 Å². The molecule has 0 aliphatic heterocycles. The second-order valence-corrected chi connectivity index (χ2v) is 4.70. The van der Waals surface area contributed by atoms with Crippen molar-refractivity contribution in [2.24, 2.45) is 12.8 Å². The fraction of sp³-hybridized carbons (Fsp3) is 0.154. The lowest BCUT2D eigenvalue weighted by molar-refractivity contribution is 0.100. The summed E-state index contributed by atoms with van der Waals surface area (Å²) in [6.45, 7) is 1.80. The highest BCUT2D eigenvalue weighted by Gasteiger charge is 2.18. The third-order valence-electron chi connectivity index (χ3n) is 2.76. The number of aryl methyl sites for hydroxylation is 2. The Morgan fingerprint density at radius 2 is 2.05 bits per heavy atom. The van der Waals surface area contributed by atoms with E-state index in [0.29, 0.717) is 10.6 Å². The zero-order chi connectivity index (χ0) is 14.9. The molecule has 0 aliphatic rings. The lowest BCUT2D eigenvalue weighted by Gasteiger charge is -2.07. The molecular weight excluding hydrogens is 280 g/mol. The number of nitrogens with two attached hydrogens (primary N) is 1. The number of aromatic nitrogens is 2. The average molecular weight is 293 g/mol. The second-order valence-electron chi connectivity index (χ2n) is 4.32. The number of hydrogen-bond donors (Lipinski definition) is 2. The van der Waals surface area contributed by atoms with Gasteiger partial charge in [0.25, 0.3) is 11.8 Å². The van der Waals surface area contributed by atoms with Crippen LogP contribution in [0.15, 0.2) is 24.4 Å². The Kier molecular flexibility index (Phi) is 3.76. The summed E-state index contributed by atoms with van der Waals surface area (Å²) in [7, 11) is 1.63. The maximum atomic E-state index is 12.2. The van der Waals surface area contributed by atoms with Gasteiger partial charge in [-0.05, 0) is 18.6 Å². The summed E-state index contributed by atoms with van der Waals surface area (Å²) in [5, 5.41) is 6.89. The van der Waals surface area contributed by atoms with Gasteiger partial charge in [-0.15, -0.1) is 0 Å². The van der Waals surface area contributed by atoms with Crippen LogP contribution in [0.5, 0.6) is 0 Å². The Bertz CT molecular complexity index is 694. The number of carbonyl (C=O) groups excluding carboxylic acids is 2. The molecule has 3 N–H and O–H groups in total. The van der Waals surface area contributed by atoms with Crippen molar-refractivity contribution in [1.82, 2.24) is 9.78 Å². The Hall–Kier alpha value is -2.34. The number of hydrogen-bond acceptors (Lipinski definition) is 3. The van der Waals surface area contributed by atoms with E-state index in [0.717, 1.165) is 5.56 Å². The van der Waals surface area contributed by atoms with E-state index in [2.05, 4.69) is 10.4 Å². The van der Waals surface area contributed by atoms with Gasteiger partial charge in [0.2, 0.25) is 0 Å². The molecule has 2 rings (SSSR count). The summed E-state index contributed by atoms with van der Waals surface area (Å²) in [5.74, 6) is -0.994. The fourth-order valence-electron chi connectivity index (χ4n) is 1.76. The minimum Gasteiger partial charge on any atom is -0.365 e. The molecule has 2 aromatic rings. The smallest absolute Gasteiger partial charge is 0.258 e. The van der Waals surface area contributed by atoms with Gasteiger partial charge in [-0.3, -0.25) is 14.3 Å². The predicted octanol–water partition coefficient (Wildman–Crippen LogP) is 1.73. The van der Waals surface area contributed by atoms with E-state index in [4.69, 9.17) is 17.3 Å². The average Bonchev–Trinajstić information content (AvgIpc) is 2.73. The van der Waals surface area contributed by atoms with Crippen molar-refractivity contribution in [3.05, 3.63) is 46.1 Å². The molecule has 1 aromatic heterocycles. The van der Waals surface area contributed by atoms with Gasteiger partial charge in [-0.2, -0.15) is 5.10 Å². The minimum atomic E-state index is -0.663. The Balaban J connectivity index is 2.33. The summed E-state index contributed by atoms with van der Waals surface area (Å²) in [6, 6.07) is 5.12. The van der Waals surface area contributed by atoms with E-state index in [1.165, 1.54) is 10.9 Å². The van der Waals surface area contributed by atoms with Crippen LogP contribution in [0.2, 0.25) is 5.02 Å². The van der Waals surface area contributed by atoms with Crippen LogP contribution in [-0.4, -0.2) is 21.6 Å². The number of nitrogens with one attached hydrogen (secondary N) is 1. The molecule has 6 nitrogen and oxygen atoms in total. The normalized spacial score (nSPS) is 10.3. The molecule has 20 heavy (non-hydrogen) atoms. The number of carbonyl (C=O) groups is 2. The van der Waals surface area contributed by atoms with Crippen LogP contribution < -0.4 is 11.1 Å². The molecule has 0 atom stereocenters. The number of anilines is 1. The van der Waals surface area contributed by atoms with Crippen LogP contribution in [0.3, 0.4) is 0 Å². The van der Waals surface area contributed by atoms with Crippen LogP contribution in [0.1, 0.15) is 26.3 Å². The maximum absolute atomic E-state index is 12.2. The molecule has 1 heterocycles.